The van der Waals surface area contributed by atoms with Gasteiger partial charge in [0, 0.05) is 28.3 Å². The molecule has 1 aromatic carbocycles. The molecule has 2 unspecified atom stereocenters. The zero-order valence-electron chi connectivity index (χ0n) is 18.0. The van der Waals surface area contributed by atoms with Crippen LogP contribution in [0.3, 0.4) is 0 Å². The predicted molar refractivity (Wildman–Crippen MR) is 119 cm³/mol. The summed E-state index contributed by atoms with van der Waals surface area (Å²) in [6.45, 7) is 3.66. The molecule has 3 heterocycles. The average molecular weight is 460 g/mol. The minimum absolute atomic E-state index is 0.224. The molecule has 1 amide bonds. The van der Waals surface area contributed by atoms with Gasteiger partial charge in [-0.25, -0.2) is 13.2 Å². The molecule has 0 spiro atoms. The number of sulfone groups is 1. The maximum Gasteiger partial charge on any atom is 0.340 e. The van der Waals surface area contributed by atoms with Crippen molar-refractivity contribution >= 4 is 37.7 Å². The quantitative estimate of drug-likeness (QED) is 0.572. The third-order valence-electron chi connectivity index (χ3n) is 6.73. The van der Waals surface area contributed by atoms with Crippen LogP contribution in [0.1, 0.15) is 40.9 Å². The molecule has 0 saturated carbocycles. The van der Waals surface area contributed by atoms with Gasteiger partial charge in [0.2, 0.25) is 5.91 Å². The first-order valence-electron chi connectivity index (χ1n) is 10.8. The van der Waals surface area contributed by atoms with Gasteiger partial charge >= 0.3 is 5.63 Å². The normalized spacial score (nSPS) is 22.3. The van der Waals surface area contributed by atoms with Crippen LogP contribution in [0.2, 0.25) is 0 Å². The van der Waals surface area contributed by atoms with Gasteiger partial charge in [-0.15, -0.1) is 0 Å². The largest absolute Gasteiger partial charge is 0.460 e. The number of carbonyl (C=O) groups is 1. The molecule has 2 N–H and O–H groups in total. The summed E-state index contributed by atoms with van der Waals surface area (Å²) >= 11 is 0. The Hall–Kier alpha value is -2.65. The predicted octanol–water partition coefficient (Wildman–Crippen LogP) is 1.85. The smallest absolute Gasteiger partial charge is 0.340 e. The number of rotatable bonds is 3. The van der Waals surface area contributed by atoms with Crippen LogP contribution in [-0.4, -0.2) is 43.1 Å². The molecule has 0 bridgehead atoms. The van der Waals surface area contributed by atoms with Crippen molar-refractivity contribution in [2.45, 2.75) is 58.1 Å². The molecule has 9 heteroatoms. The molecule has 2 aliphatic rings. The van der Waals surface area contributed by atoms with Gasteiger partial charge < -0.3 is 19.3 Å². The number of hydrogen-bond donors (Lipinski definition) is 2. The molecular formula is C23H25NO7S. The van der Waals surface area contributed by atoms with Crippen LogP contribution in [0.15, 0.2) is 19.7 Å². The van der Waals surface area contributed by atoms with Gasteiger partial charge in [-0.2, -0.15) is 0 Å². The summed E-state index contributed by atoms with van der Waals surface area (Å²) in [4.78, 5) is 25.3. The van der Waals surface area contributed by atoms with Crippen LogP contribution in [0.4, 0.5) is 0 Å². The van der Waals surface area contributed by atoms with E-state index in [1.165, 1.54) is 5.56 Å². The summed E-state index contributed by atoms with van der Waals surface area (Å²) in [5.41, 5.74) is 3.44. The summed E-state index contributed by atoms with van der Waals surface area (Å²) in [6.07, 6.45) is 2.64. The first-order valence-corrected chi connectivity index (χ1v) is 12.6. The Balaban J connectivity index is 1.53. The van der Waals surface area contributed by atoms with Crippen LogP contribution in [0, 0.1) is 13.8 Å². The van der Waals surface area contributed by atoms with E-state index in [0.717, 1.165) is 53.4 Å². The molecule has 32 heavy (non-hydrogen) atoms. The molecule has 2 aromatic heterocycles. The molecule has 1 aliphatic carbocycles. The van der Waals surface area contributed by atoms with Crippen molar-refractivity contribution in [2.24, 2.45) is 0 Å². The van der Waals surface area contributed by atoms with Gasteiger partial charge in [0.05, 0.1) is 35.6 Å². The highest BCUT2D eigenvalue weighted by Gasteiger charge is 2.37. The number of aryl methyl sites for hydroxylation is 4. The molecular weight excluding hydrogens is 434 g/mol. The van der Waals surface area contributed by atoms with E-state index < -0.39 is 33.5 Å². The Morgan fingerprint density at radius 1 is 1.09 bits per heavy atom. The lowest BCUT2D eigenvalue weighted by molar-refractivity contribution is -0.121. The van der Waals surface area contributed by atoms with Crippen molar-refractivity contribution in [1.82, 2.24) is 5.32 Å². The van der Waals surface area contributed by atoms with Gasteiger partial charge in [-0.3, -0.25) is 4.79 Å². The lowest BCUT2D eigenvalue weighted by Crippen LogP contribution is -2.43. The number of aliphatic hydroxyl groups excluding tert-OH is 1. The zero-order chi connectivity index (χ0) is 22.8. The SMILES string of the molecule is Cc1c(CC(=O)NC2CS(=O)(=O)CC2O)c(=O)oc2c(C)c3oc4c(c3cc12)CCCC4. The second kappa shape index (κ2) is 7.45. The fraction of sp³-hybridized carbons (Fsp3) is 0.478. The van der Waals surface area contributed by atoms with Gasteiger partial charge in [0.1, 0.15) is 16.9 Å². The van der Waals surface area contributed by atoms with Crippen LogP contribution >= 0.6 is 0 Å². The van der Waals surface area contributed by atoms with Crippen LogP contribution in [0.5, 0.6) is 0 Å². The van der Waals surface area contributed by atoms with Crippen molar-refractivity contribution in [2.75, 3.05) is 11.5 Å². The highest BCUT2D eigenvalue weighted by atomic mass is 32.2. The van der Waals surface area contributed by atoms with Crippen LogP contribution < -0.4 is 10.9 Å². The van der Waals surface area contributed by atoms with Gasteiger partial charge in [-0.1, -0.05) is 0 Å². The molecule has 8 nitrogen and oxygen atoms in total. The summed E-state index contributed by atoms with van der Waals surface area (Å²) in [5, 5.41) is 14.2. The Kier molecular flexibility index (Phi) is 4.94. The second-order valence-electron chi connectivity index (χ2n) is 8.95. The molecule has 3 aromatic rings. The van der Waals surface area contributed by atoms with Crippen molar-refractivity contribution in [3.8, 4) is 0 Å². The van der Waals surface area contributed by atoms with E-state index in [1.807, 2.05) is 13.0 Å². The molecule has 1 aliphatic heterocycles. The van der Waals surface area contributed by atoms with Gasteiger partial charge in [-0.05, 0) is 44.7 Å². The number of benzene rings is 1. The van der Waals surface area contributed by atoms with Crippen molar-refractivity contribution in [3.63, 3.8) is 0 Å². The Bertz CT molecular complexity index is 1430. The lowest BCUT2D eigenvalue weighted by atomic mass is 9.93. The van der Waals surface area contributed by atoms with Crippen LogP contribution in [0.25, 0.3) is 21.9 Å². The topological polar surface area (TPSA) is 127 Å². The number of fused-ring (bicyclic) bond motifs is 4. The highest BCUT2D eigenvalue weighted by Crippen LogP contribution is 2.37. The van der Waals surface area contributed by atoms with Crippen molar-refractivity contribution in [3.05, 3.63) is 44.5 Å². The van der Waals surface area contributed by atoms with Crippen molar-refractivity contribution < 1.29 is 27.2 Å². The first kappa shape index (κ1) is 21.2. The summed E-state index contributed by atoms with van der Waals surface area (Å²) in [5.74, 6) is -0.221. The fourth-order valence-electron chi connectivity index (χ4n) is 5.01. The molecule has 5 rings (SSSR count). The molecule has 0 radical (unpaired) electrons. The number of aliphatic hydroxyl groups is 1. The molecule has 1 saturated heterocycles. The van der Waals surface area contributed by atoms with E-state index in [0.29, 0.717) is 11.1 Å². The minimum Gasteiger partial charge on any atom is -0.460 e. The van der Waals surface area contributed by atoms with Crippen LogP contribution in [-0.2, 0) is 33.9 Å². The monoisotopic (exact) mass is 459 g/mol. The molecule has 170 valence electrons. The summed E-state index contributed by atoms with van der Waals surface area (Å²) < 4.78 is 35.1. The second-order valence-corrected chi connectivity index (χ2v) is 11.1. The van der Waals surface area contributed by atoms with Crippen molar-refractivity contribution in [1.29, 1.82) is 0 Å². The third kappa shape index (κ3) is 3.44. The number of hydrogen-bond acceptors (Lipinski definition) is 7. The zero-order valence-corrected chi connectivity index (χ0v) is 18.8. The number of carbonyl (C=O) groups excluding carboxylic acids is 1. The number of nitrogens with one attached hydrogen (secondary N) is 1. The lowest BCUT2D eigenvalue weighted by Gasteiger charge is -2.15. The number of furan rings is 1. The Labute approximate surface area is 184 Å². The fourth-order valence-corrected chi connectivity index (χ4v) is 6.75. The Morgan fingerprint density at radius 2 is 1.81 bits per heavy atom. The van der Waals surface area contributed by atoms with E-state index in [1.54, 1.807) is 6.92 Å². The third-order valence-corrected chi connectivity index (χ3v) is 8.45. The van der Waals surface area contributed by atoms with Gasteiger partial charge in [0.25, 0.3) is 0 Å². The van der Waals surface area contributed by atoms with E-state index in [-0.39, 0.29) is 23.5 Å². The molecule has 1 fully saturated rings. The summed E-state index contributed by atoms with van der Waals surface area (Å²) in [6, 6.07) is 1.11. The van der Waals surface area contributed by atoms with E-state index in [4.69, 9.17) is 8.83 Å². The maximum absolute atomic E-state index is 12.8. The maximum atomic E-state index is 12.8. The Morgan fingerprint density at radius 3 is 2.53 bits per heavy atom. The highest BCUT2D eigenvalue weighted by molar-refractivity contribution is 7.91. The average Bonchev–Trinajstić information content (AvgIpc) is 3.22. The van der Waals surface area contributed by atoms with E-state index >= 15 is 0 Å². The van der Waals surface area contributed by atoms with Gasteiger partial charge in [0.15, 0.2) is 9.84 Å². The first-order chi connectivity index (χ1) is 15.1. The minimum atomic E-state index is -3.39. The standard InChI is InChI=1S/C23H25NO7S/c1-11-14-7-16-13-5-3-4-6-19(13)30-22(16)12(2)21(14)31-23(27)15(11)8-20(26)24-17-9-32(28,29)10-18(17)25/h7,17-18,25H,3-6,8-10H2,1-2H3,(H,24,26). The van der Waals surface area contributed by atoms with E-state index in [9.17, 15) is 23.1 Å². The molecule has 2 atom stereocenters. The summed E-state index contributed by atoms with van der Waals surface area (Å²) in [7, 11) is -3.39. The van der Waals surface area contributed by atoms with E-state index in [2.05, 4.69) is 5.32 Å². The number of amides is 1.